The Labute approximate surface area is 134 Å². The molecule has 1 heterocycles. The summed E-state index contributed by atoms with van der Waals surface area (Å²) in [7, 11) is 0. The number of carbonyl (C=O) groups excluding carboxylic acids is 2. The molecule has 0 bridgehead atoms. The van der Waals surface area contributed by atoms with E-state index in [1.807, 2.05) is 19.9 Å². The molecule has 7 heteroatoms. The third-order valence-electron chi connectivity index (χ3n) is 3.70. The predicted molar refractivity (Wildman–Crippen MR) is 84.0 cm³/mol. The first-order valence-electron chi connectivity index (χ1n) is 7.05. The van der Waals surface area contributed by atoms with Crippen molar-refractivity contribution in [2.75, 3.05) is 5.75 Å². The van der Waals surface area contributed by atoms with Gasteiger partial charge in [-0.3, -0.25) is 9.59 Å². The molecule has 2 amide bonds. The summed E-state index contributed by atoms with van der Waals surface area (Å²) in [4.78, 5) is 23.8. The molecule has 0 saturated carbocycles. The van der Waals surface area contributed by atoms with Crippen LogP contribution in [0.1, 0.15) is 34.1 Å². The van der Waals surface area contributed by atoms with Crippen molar-refractivity contribution in [3.63, 3.8) is 0 Å². The zero-order valence-electron chi connectivity index (χ0n) is 13.2. The Hall–Kier alpha value is -1.99. The molecule has 1 aliphatic rings. The predicted octanol–water partition coefficient (Wildman–Crippen LogP) is 1.67. The maximum atomic E-state index is 12.0. The molecule has 6 nitrogen and oxygen atoms in total. The molecule has 0 aromatic rings. The van der Waals surface area contributed by atoms with Crippen LogP contribution in [-0.4, -0.2) is 23.6 Å². The lowest BCUT2D eigenvalue weighted by atomic mass is 9.72. The number of hydrogen-bond acceptors (Lipinski definition) is 5. The third-order valence-corrected chi connectivity index (χ3v) is 4.70. The van der Waals surface area contributed by atoms with Gasteiger partial charge in [0.15, 0.2) is 0 Å². The minimum absolute atomic E-state index is 0.0814. The fourth-order valence-electron chi connectivity index (χ4n) is 2.09. The van der Waals surface area contributed by atoms with Gasteiger partial charge in [0.05, 0.1) is 28.5 Å². The Bertz CT molecular complexity index is 583. The molecule has 0 radical (unpaired) electrons. The Morgan fingerprint density at radius 1 is 1.50 bits per heavy atom. The van der Waals surface area contributed by atoms with Crippen LogP contribution in [-0.2, 0) is 9.59 Å². The van der Waals surface area contributed by atoms with Gasteiger partial charge < -0.3 is 10.6 Å². The highest BCUT2D eigenvalue weighted by Gasteiger charge is 2.44. The molecule has 0 aromatic carbocycles. The quantitative estimate of drug-likeness (QED) is 0.801. The van der Waals surface area contributed by atoms with Crippen LogP contribution >= 0.6 is 11.8 Å². The van der Waals surface area contributed by atoms with E-state index in [-0.39, 0.29) is 17.7 Å². The summed E-state index contributed by atoms with van der Waals surface area (Å²) in [5, 5.41) is 24.3. The van der Waals surface area contributed by atoms with E-state index in [1.165, 1.54) is 0 Å². The molecule has 2 N–H and O–H groups in total. The van der Waals surface area contributed by atoms with Crippen molar-refractivity contribution in [3.8, 4) is 12.1 Å². The highest BCUT2D eigenvalue weighted by Crippen LogP contribution is 2.41. The molecule has 0 aromatic heterocycles. The zero-order chi connectivity index (χ0) is 16.9. The summed E-state index contributed by atoms with van der Waals surface area (Å²) >= 11 is 1.11. The lowest BCUT2D eigenvalue weighted by molar-refractivity contribution is -0.125. The minimum atomic E-state index is -0.916. The topological polar surface area (TPSA) is 106 Å². The lowest BCUT2D eigenvalue weighted by Gasteiger charge is -2.34. The van der Waals surface area contributed by atoms with Crippen LogP contribution in [0.5, 0.6) is 0 Å². The van der Waals surface area contributed by atoms with Gasteiger partial charge in [-0.15, -0.1) is 0 Å². The van der Waals surface area contributed by atoms with E-state index in [0.717, 1.165) is 18.2 Å². The van der Waals surface area contributed by atoms with Gasteiger partial charge >= 0.3 is 0 Å². The Balaban J connectivity index is 2.91. The number of hydrogen-bond donors (Lipinski definition) is 2. The average Bonchev–Trinajstić information content (AvgIpc) is 2.44. The van der Waals surface area contributed by atoms with Crippen molar-refractivity contribution in [1.82, 2.24) is 10.6 Å². The first-order valence-corrected chi connectivity index (χ1v) is 8.03. The smallest absolute Gasteiger partial charge is 0.243 e. The number of carbonyl (C=O) groups is 2. The number of rotatable bonds is 5. The van der Waals surface area contributed by atoms with Gasteiger partial charge in [0.25, 0.3) is 0 Å². The first-order chi connectivity index (χ1) is 10.3. The highest BCUT2D eigenvalue weighted by molar-refractivity contribution is 8.03. The normalized spacial score (nSPS) is 21.4. The van der Waals surface area contributed by atoms with E-state index >= 15 is 0 Å². The number of amides is 2. The van der Waals surface area contributed by atoms with Crippen LogP contribution in [0.25, 0.3) is 0 Å². The lowest BCUT2D eigenvalue weighted by Crippen LogP contribution is -2.44. The van der Waals surface area contributed by atoms with Crippen molar-refractivity contribution in [1.29, 1.82) is 10.5 Å². The molecule has 0 aliphatic carbocycles. The largest absolute Gasteiger partial charge is 0.353 e. The van der Waals surface area contributed by atoms with Crippen molar-refractivity contribution in [2.24, 2.45) is 11.3 Å². The summed E-state index contributed by atoms with van der Waals surface area (Å²) in [6.45, 7) is 7.27. The molecule has 2 atom stereocenters. The fraction of sp³-hybridized carbons (Fsp3) is 0.600. The average molecular weight is 320 g/mol. The second kappa shape index (κ2) is 7.33. The van der Waals surface area contributed by atoms with Crippen LogP contribution in [0.4, 0.5) is 0 Å². The number of nitriles is 2. The molecule has 0 fully saturated rings. The summed E-state index contributed by atoms with van der Waals surface area (Å²) in [5.74, 6) is -1.39. The number of nitrogens with one attached hydrogen (secondary N) is 2. The Morgan fingerprint density at radius 2 is 2.14 bits per heavy atom. The molecule has 0 saturated heterocycles. The Kier molecular flexibility index (Phi) is 6.01. The van der Waals surface area contributed by atoms with Gasteiger partial charge in [-0.05, 0) is 13.3 Å². The third kappa shape index (κ3) is 3.80. The second-order valence-corrected chi connectivity index (χ2v) is 6.74. The first kappa shape index (κ1) is 18.1. The van der Waals surface area contributed by atoms with E-state index in [1.54, 1.807) is 13.8 Å². The van der Waals surface area contributed by atoms with Gasteiger partial charge in [-0.2, -0.15) is 10.5 Å². The second-order valence-electron chi connectivity index (χ2n) is 5.75. The monoisotopic (exact) mass is 320 g/mol. The van der Waals surface area contributed by atoms with Crippen molar-refractivity contribution in [3.05, 3.63) is 10.6 Å². The summed E-state index contributed by atoms with van der Waals surface area (Å²) in [6, 6.07) is 4.09. The van der Waals surface area contributed by atoms with Crippen molar-refractivity contribution in [2.45, 2.75) is 40.2 Å². The van der Waals surface area contributed by atoms with Gasteiger partial charge in [0.1, 0.15) is 5.92 Å². The van der Waals surface area contributed by atoms with E-state index in [4.69, 9.17) is 5.26 Å². The molecule has 0 spiro atoms. The zero-order valence-corrected chi connectivity index (χ0v) is 14.0. The summed E-state index contributed by atoms with van der Waals surface area (Å²) in [6.07, 6.45) is 0.830. The molecule has 22 heavy (non-hydrogen) atoms. The van der Waals surface area contributed by atoms with Gasteiger partial charge in [0.2, 0.25) is 11.8 Å². The fourth-order valence-corrected chi connectivity index (χ4v) is 3.08. The van der Waals surface area contributed by atoms with E-state index < -0.39 is 17.2 Å². The van der Waals surface area contributed by atoms with E-state index in [9.17, 15) is 14.9 Å². The number of nitrogens with zero attached hydrogens (tertiary/aromatic N) is 2. The van der Waals surface area contributed by atoms with Crippen molar-refractivity contribution < 1.29 is 9.59 Å². The van der Waals surface area contributed by atoms with Crippen LogP contribution in [0, 0.1) is 34.0 Å². The number of thioether (sulfide) groups is 1. The SMILES string of the molecule is CC[C@@H](C)NC(=O)CSC1=C(C#N)C(C)(C)[C@@H](C#N)C(=O)N1. The standard InChI is InChI=1S/C15H20N4O2S/c1-5-9(2)18-12(20)8-22-14-11(7-17)15(3,4)10(6-16)13(21)19-14/h9-10H,5,8H2,1-4H3,(H,18,20)(H,19,21)/t9-,10+/m1/s1. The molecule has 0 unspecified atom stereocenters. The van der Waals surface area contributed by atoms with Gasteiger partial charge in [-0.1, -0.05) is 32.5 Å². The highest BCUT2D eigenvalue weighted by atomic mass is 32.2. The van der Waals surface area contributed by atoms with Crippen LogP contribution in [0.3, 0.4) is 0 Å². The maximum absolute atomic E-state index is 12.0. The number of allylic oxidation sites excluding steroid dienone is 1. The van der Waals surface area contributed by atoms with Crippen LogP contribution in [0.2, 0.25) is 0 Å². The van der Waals surface area contributed by atoms with Gasteiger partial charge in [0, 0.05) is 11.5 Å². The summed E-state index contributed by atoms with van der Waals surface area (Å²) < 4.78 is 0. The molecular weight excluding hydrogens is 300 g/mol. The summed E-state index contributed by atoms with van der Waals surface area (Å²) in [5.41, 5.74) is -0.540. The van der Waals surface area contributed by atoms with E-state index in [2.05, 4.69) is 16.7 Å². The minimum Gasteiger partial charge on any atom is -0.353 e. The molecule has 118 valence electrons. The van der Waals surface area contributed by atoms with Crippen LogP contribution in [0.15, 0.2) is 10.6 Å². The van der Waals surface area contributed by atoms with Crippen molar-refractivity contribution >= 4 is 23.6 Å². The maximum Gasteiger partial charge on any atom is 0.243 e. The van der Waals surface area contributed by atoms with Crippen LogP contribution < -0.4 is 10.6 Å². The molecule has 1 aliphatic heterocycles. The molecular formula is C15H20N4O2S. The van der Waals surface area contributed by atoms with E-state index in [0.29, 0.717) is 10.6 Å². The Morgan fingerprint density at radius 3 is 2.64 bits per heavy atom. The molecule has 1 rings (SSSR count). The van der Waals surface area contributed by atoms with Gasteiger partial charge in [-0.25, -0.2) is 0 Å².